The lowest BCUT2D eigenvalue weighted by Crippen LogP contribution is -2.36. The Morgan fingerprint density at radius 2 is 0.570 bits per heavy atom. The second kappa shape index (κ2) is 24.8. The lowest BCUT2D eigenvalue weighted by atomic mass is 9.86. The smallest absolute Gasteiger partial charge is 0.259 e. The van der Waals surface area contributed by atoms with Crippen LogP contribution in [0.3, 0.4) is 0 Å². The molecular formula is C74H82N6O6. The van der Waals surface area contributed by atoms with Crippen molar-refractivity contribution in [2.75, 3.05) is 53.1 Å². The molecule has 0 amide bonds. The molecule has 0 atom stereocenters. The Morgan fingerprint density at radius 1 is 0.314 bits per heavy atom. The monoisotopic (exact) mass is 1150 g/mol. The van der Waals surface area contributed by atoms with E-state index in [1.807, 2.05) is 139 Å². The minimum Gasteiger partial charge on any atom is -0.758 e. The molecule has 0 fully saturated rings. The lowest BCUT2D eigenvalue weighted by Gasteiger charge is -2.44. The summed E-state index contributed by atoms with van der Waals surface area (Å²) in [4.78, 5) is 22.9. The lowest BCUT2D eigenvalue weighted by molar-refractivity contribution is -0.540. The van der Waals surface area contributed by atoms with Crippen LogP contribution in [0, 0.1) is 10.1 Å². The van der Waals surface area contributed by atoms with Gasteiger partial charge < -0.3 is 48.8 Å². The van der Waals surface area contributed by atoms with Crippen molar-refractivity contribution in [2.45, 2.75) is 105 Å². The van der Waals surface area contributed by atoms with Crippen molar-refractivity contribution in [2.24, 2.45) is 0 Å². The molecule has 0 N–H and O–H groups in total. The Morgan fingerprint density at radius 3 is 0.849 bits per heavy atom. The molecule has 0 aliphatic rings. The Labute approximate surface area is 509 Å². The third-order valence-corrected chi connectivity index (χ3v) is 15.1. The zero-order valence-electron chi connectivity index (χ0n) is 52.8. The van der Waals surface area contributed by atoms with E-state index >= 15 is 0 Å². The number of rotatable bonds is 18. The van der Waals surface area contributed by atoms with Gasteiger partial charge in [-0.25, -0.2) is 0 Å². The SMILES string of the molecule is COc1ccc(N(c2ccc(N(c3ccc(OC)cc3)c3cc(N([O-])C(C)(C)C)cc(C(C)(C)C)c3)cc2)c2cccc(N(c3ccc(OC)cc3)c3ccc(N(c4ccc(OC)cc4)c4cc([N+](=O)C(C)(C)C)cc(C(C)(C)C)c4)cc3)c2)cc1. The van der Waals surface area contributed by atoms with Crippen LogP contribution in [-0.4, -0.2) is 44.3 Å². The highest BCUT2D eigenvalue weighted by molar-refractivity contribution is 5.87. The van der Waals surface area contributed by atoms with Crippen molar-refractivity contribution in [3.8, 4) is 23.0 Å². The summed E-state index contributed by atoms with van der Waals surface area (Å²) >= 11 is 0. The largest absolute Gasteiger partial charge is 0.758 e. The molecular weight excluding hydrogens is 1070 g/mol. The van der Waals surface area contributed by atoms with E-state index in [4.69, 9.17) is 18.9 Å². The van der Waals surface area contributed by atoms with Gasteiger partial charge in [-0.1, -0.05) is 47.6 Å². The first kappa shape index (κ1) is 61.3. The molecule has 0 aliphatic carbocycles. The van der Waals surface area contributed by atoms with E-state index in [0.717, 1.165) is 112 Å². The molecule has 0 radical (unpaired) electrons. The molecule has 12 nitrogen and oxygen atoms in total. The van der Waals surface area contributed by atoms with Crippen LogP contribution in [0.5, 0.6) is 23.0 Å². The summed E-state index contributed by atoms with van der Waals surface area (Å²) in [5, 5.41) is 15.1. The molecule has 86 heavy (non-hydrogen) atoms. The molecule has 0 saturated carbocycles. The summed E-state index contributed by atoms with van der Waals surface area (Å²) in [5.41, 5.74) is 12.2. The first-order valence-corrected chi connectivity index (χ1v) is 29.1. The van der Waals surface area contributed by atoms with Gasteiger partial charge in [-0.2, -0.15) is 0 Å². The predicted molar refractivity (Wildman–Crippen MR) is 357 cm³/mol. The molecule has 12 heteroatoms. The summed E-state index contributed by atoms with van der Waals surface area (Å²) in [6.45, 7) is 24.6. The molecule has 0 aromatic heterocycles. The van der Waals surface area contributed by atoms with Crippen LogP contribution in [0.15, 0.2) is 206 Å². The van der Waals surface area contributed by atoms with Gasteiger partial charge in [-0.3, -0.25) is 0 Å². The van der Waals surface area contributed by atoms with Gasteiger partial charge in [-0.15, -0.1) is 0 Å². The predicted octanol–water partition coefficient (Wildman–Crippen LogP) is 20.5. The molecule has 0 bridgehead atoms. The van der Waals surface area contributed by atoms with E-state index in [9.17, 15) is 10.1 Å². The van der Waals surface area contributed by atoms with Crippen molar-refractivity contribution in [3.63, 3.8) is 0 Å². The third kappa shape index (κ3) is 13.6. The molecule has 9 aromatic carbocycles. The van der Waals surface area contributed by atoms with Crippen LogP contribution in [0.4, 0.5) is 79.6 Å². The number of methoxy groups -OCH3 is 4. The van der Waals surface area contributed by atoms with Gasteiger partial charge in [0.15, 0.2) is 0 Å². The van der Waals surface area contributed by atoms with Crippen molar-refractivity contribution < 1.29 is 23.7 Å². The van der Waals surface area contributed by atoms with Gasteiger partial charge in [-0.05, 0) is 231 Å². The second-order valence-corrected chi connectivity index (χ2v) is 25.6. The normalized spacial score (nSPS) is 11.8. The van der Waals surface area contributed by atoms with E-state index < -0.39 is 11.1 Å². The number of benzene rings is 9. The molecule has 0 unspecified atom stereocenters. The molecule has 0 aliphatic heterocycles. The number of hydrogen-bond acceptors (Lipinski definition) is 11. The number of nitroso groups, excluding NO2 is 1. The summed E-state index contributed by atoms with van der Waals surface area (Å²) in [6.07, 6.45) is 0. The molecule has 0 heterocycles. The van der Waals surface area contributed by atoms with Crippen LogP contribution in [0.25, 0.3) is 0 Å². The Kier molecular flexibility index (Phi) is 17.6. The van der Waals surface area contributed by atoms with Crippen LogP contribution >= 0.6 is 0 Å². The maximum absolute atomic E-state index is 14.0. The highest BCUT2D eigenvalue weighted by Crippen LogP contribution is 2.47. The average Bonchev–Trinajstić information content (AvgIpc) is 1.50. The zero-order chi connectivity index (χ0) is 61.9. The van der Waals surface area contributed by atoms with Crippen molar-refractivity contribution >= 4 is 79.6 Å². The fraction of sp³-hybridized carbons (Fsp3) is 0.270. The molecule has 9 rings (SSSR count). The topological polar surface area (TPSA) is 96.3 Å². The Balaban J connectivity index is 1.17. The molecule has 0 spiro atoms. The number of anilines is 13. The fourth-order valence-corrected chi connectivity index (χ4v) is 10.3. The molecule has 0 saturated heterocycles. The maximum Gasteiger partial charge on any atom is 0.259 e. The first-order chi connectivity index (χ1) is 40.8. The summed E-state index contributed by atoms with van der Waals surface area (Å²) in [6, 6.07) is 70.2. The van der Waals surface area contributed by atoms with Crippen LogP contribution in [-0.2, 0) is 10.8 Å². The summed E-state index contributed by atoms with van der Waals surface area (Å²) < 4.78 is 23.7. The van der Waals surface area contributed by atoms with E-state index in [2.05, 4.69) is 170 Å². The van der Waals surface area contributed by atoms with Crippen molar-refractivity contribution in [3.05, 3.63) is 227 Å². The Bertz CT molecular complexity index is 3770. The maximum atomic E-state index is 14.0. The van der Waals surface area contributed by atoms with Crippen LogP contribution in [0.2, 0.25) is 0 Å². The van der Waals surface area contributed by atoms with Crippen molar-refractivity contribution in [1.29, 1.82) is 0 Å². The quantitative estimate of drug-likeness (QED) is 0.0607. The number of hydroxylamine groups is 1. The van der Waals surface area contributed by atoms with Gasteiger partial charge >= 0.3 is 0 Å². The highest BCUT2D eigenvalue weighted by atomic mass is 16.5. The van der Waals surface area contributed by atoms with Crippen LogP contribution < -0.4 is 43.6 Å². The molecule has 9 aromatic rings. The minimum absolute atomic E-state index is 0.253. The molecule has 444 valence electrons. The van der Waals surface area contributed by atoms with Gasteiger partial charge in [0.05, 0.1) is 34.1 Å². The van der Waals surface area contributed by atoms with Crippen LogP contribution in [0.1, 0.15) is 94.2 Å². The zero-order valence-corrected chi connectivity index (χ0v) is 52.8. The summed E-state index contributed by atoms with van der Waals surface area (Å²) in [5.74, 6) is 2.97. The van der Waals surface area contributed by atoms with Gasteiger partial charge in [0.25, 0.3) is 5.69 Å². The van der Waals surface area contributed by atoms with E-state index in [1.54, 1.807) is 28.4 Å². The van der Waals surface area contributed by atoms with Gasteiger partial charge in [0, 0.05) is 116 Å². The van der Waals surface area contributed by atoms with E-state index in [-0.39, 0.29) is 10.8 Å². The second-order valence-electron chi connectivity index (χ2n) is 25.6. The van der Waals surface area contributed by atoms with E-state index in [0.29, 0.717) is 11.4 Å². The first-order valence-electron chi connectivity index (χ1n) is 29.1. The number of hydrogen-bond donors (Lipinski definition) is 0. The fourth-order valence-electron chi connectivity index (χ4n) is 10.3. The Hall–Kier alpha value is -9.26. The highest BCUT2D eigenvalue weighted by Gasteiger charge is 2.34. The summed E-state index contributed by atoms with van der Waals surface area (Å²) in [7, 11) is 6.68. The number of ether oxygens (including phenoxy) is 4. The third-order valence-electron chi connectivity index (χ3n) is 15.1. The average molecular weight is 1150 g/mol. The minimum atomic E-state index is -0.667. The van der Waals surface area contributed by atoms with Gasteiger partial charge in [0.1, 0.15) is 23.0 Å². The van der Waals surface area contributed by atoms with Gasteiger partial charge in [0.2, 0.25) is 5.54 Å². The van der Waals surface area contributed by atoms with Crippen molar-refractivity contribution in [1.82, 2.24) is 0 Å². The standard InChI is InChI=1S/C74H82N6O6/c1-71(2,3)51-44-63(49-65(46-51)79(81)73(7,8)9)77(59-32-40-69(85-15)41-33-59)55-24-20-53(21-25-55)75(57-28-36-67(83-13)37-29-57)61-18-17-19-62(48-61)76(58-30-38-68(84-14)39-31-58)54-22-26-56(27-23-54)78(60-34-42-70(86-16)43-35-60)64-45-52(72(4,5)6)47-66(50-64)80(82)74(10,11)12/h17-50H,1-16H3. The van der Waals surface area contributed by atoms with E-state index in [1.165, 1.54) is 0 Å². The number of nitrogens with zero attached hydrogens (tertiary/aromatic N) is 6.